The van der Waals surface area contributed by atoms with E-state index in [1.165, 1.54) is 121 Å². The molecule has 0 radical (unpaired) electrons. The highest BCUT2D eigenvalue weighted by atomic mass is 14.4. The van der Waals surface area contributed by atoms with Gasteiger partial charge >= 0.3 is 0 Å². The van der Waals surface area contributed by atoms with Gasteiger partial charge in [-0.25, -0.2) is 0 Å². The first-order valence-electron chi connectivity index (χ1n) is 19.3. The van der Waals surface area contributed by atoms with Crippen molar-refractivity contribution in [3.8, 4) is 55.6 Å². The molecule has 0 unspecified atom stereocenters. The van der Waals surface area contributed by atoms with Gasteiger partial charge in [-0.2, -0.15) is 0 Å². The SMILES string of the molecule is c1ccc(-c2c(-c3ccccc3)c3c(-c4ccccc4)cc4cccc5c6c(c(c2-c2ccccc2)c3c45)Cc2c-6c3ccccc3c3ccccc23)cc1. The third-order valence-electron chi connectivity index (χ3n) is 12.2. The van der Waals surface area contributed by atoms with E-state index in [-0.39, 0.29) is 0 Å². The van der Waals surface area contributed by atoms with Crippen LogP contribution in [0.15, 0.2) is 194 Å². The van der Waals surface area contributed by atoms with E-state index < -0.39 is 0 Å². The van der Waals surface area contributed by atoms with E-state index in [1.807, 2.05) is 0 Å². The third-order valence-corrected chi connectivity index (χ3v) is 12.2. The Morgan fingerprint density at radius 1 is 0.255 bits per heavy atom. The summed E-state index contributed by atoms with van der Waals surface area (Å²) in [6.07, 6.45) is 0.870. The van der Waals surface area contributed by atoms with Crippen LogP contribution >= 0.6 is 0 Å². The Morgan fingerprint density at radius 2 is 0.709 bits per heavy atom. The molecule has 0 spiro atoms. The zero-order valence-electron chi connectivity index (χ0n) is 30.2. The van der Waals surface area contributed by atoms with Gasteiger partial charge < -0.3 is 0 Å². The third kappa shape index (κ3) is 4.28. The zero-order valence-corrected chi connectivity index (χ0v) is 30.2. The van der Waals surface area contributed by atoms with Crippen molar-refractivity contribution in [2.24, 2.45) is 0 Å². The lowest BCUT2D eigenvalue weighted by Crippen LogP contribution is -2.01. The van der Waals surface area contributed by atoms with Crippen LogP contribution in [0.3, 0.4) is 0 Å². The molecule has 0 amide bonds. The molecule has 55 heavy (non-hydrogen) atoms. The van der Waals surface area contributed by atoms with E-state index in [9.17, 15) is 0 Å². The van der Waals surface area contributed by atoms with Crippen molar-refractivity contribution >= 4 is 53.9 Å². The van der Waals surface area contributed by atoms with Crippen LogP contribution in [0, 0.1) is 0 Å². The molecule has 11 aromatic carbocycles. The number of hydrogen-bond acceptors (Lipinski definition) is 0. The Bertz CT molecular complexity index is 3290. The summed E-state index contributed by atoms with van der Waals surface area (Å²) in [6, 6.07) is 72.2. The summed E-state index contributed by atoms with van der Waals surface area (Å²) in [5.74, 6) is 0. The van der Waals surface area contributed by atoms with Crippen LogP contribution in [-0.2, 0) is 6.42 Å². The molecule has 11 aromatic rings. The van der Waals surface area contributed by atoms with Crippen molar-refractivity contribution < 1.29 is 0 Å². The fourth-order valence-electron chi connectivity index (χ4n) is 10.1. The van der Waals surface area contributed by atoms with Gasteiger partial charge in [0, 0.05) is 0 Å². The lowest BCUT2D eigenvalue weighted by atomic mass is 9.75. The highest BCUT2D eigenvalue weighted by molar-refractivity contribution is 6.38. The largest absolute Gasteiger partial charge is 0.0622 e. The maximum absolute atomic E-state index is 2.48. The normalized spacial score (nSPS) is 12.3. The number of hydrogen-bond donors (Lipinski definition) is 0. The highest BCUT2D eigenvalue weighted by Gasteiger charge is 2.34. The van der Waals surface area contributed by atoms with E-state index in [1.54, 1.807) is 0 Å². The van der Waals surface area contributed by atoms with Crippen LogP contribution < -0.4 is 0 Å². The van der Waals surface area contributed by atoms with E-state index in [0.29, 0.717) is 0 Å². The second kappa shape index (κ2) is 11.7. The summed E-state index contributed by atoms with van der Waals surface area (Å²) < 4.78 is 0. The molecule has 0 N–H and O–H groups in total. The van der Waals surface area contributed by atoms with Gasteiger partial charge in [0.25, 0.3) is 0 Å². The van der Waals surface area contributed by atoms with Crippen LogP contribution in [0.5, 0.6) is 0 Å². The summed E-state index contributed by atoms with van der Waals surface area (Å²) in [6.45, 7) is 0. The molecule has 1 aliphatic carbocycles. The predicted octanol–water partition coefficient (Wildman–Crippen LogP) is 15.1. The molecule has 0 heteroatoms. The summed E-state index contributed by atoms with van der Waals surface area (Å²) in [7, 11) is 0. The lowest BCUT2D eigenvalue weighted by Gasteiger charge is -2.27. The topological polar surface area (TPSA) is 0 Å². The van der Waals surface area contributed by atoms with Crippen LogP contribution in [0.2, 0.25) is 0 Å². The fourth-order valence-corrected chi connectivity index (χ4v) is 10.1. The molecule has 0 heterocycles. The molecule has 1 aliphatic rings. The summed E-state index contributed by atoms with van der Waals surface area (Å²) in [5.41, 5.74) is 15.7. The minimum atomic E-state index is 0.870. The van der Waals surface area contributed by atoms with Crippen LogP contribution in [0.1, 0.15) is 11.1 Å². The summed E-state index contributed by atoms with van der Waals surface area (Å²) in [4.78, 5) is 0. The summed E-state index contributed by atoms with van der Waals surface area (Å²) >= 11 is 0. The molecule has 254 valence electrons. The highest BCUT2D eigenvalue weighted by Crippen LogP contribution is 2.59. The van der Waals surface area contributed by atoms with Gasteiger partial charge in [0.05, 0.1) is 0 Å². The molecule has 0 atom stereocenters. The van der Waals surface area contributed by atoms with Gasteiger partial charge in [0.15, 0.2) is 0 Å². The molecule has 0 saturated carbocycles. The van der Waals surface area contributed by atoms with Crippen LogP contribution in [-0.4, -0.2) is 0 Å². The Hall–Kier alpha value is -7.02. The Kier molecular flexibility index (Phi) is 6.50. The number of rotatable bonds is 4. The Morgan fingerprint density at radius 3 is 1.33 bits per heavy atom. The fraction of sp³-hybridized carbons (Fsp3) is 0.0182. The molecule has 0 nitrogen and oxygen atoms in total. The van der Waals surface area contributed by atoms with E-state index in [4.69, 9.17) is 0 Å². The smallest absolute Gasteiger partial charge is 0.0000421 e. The zero-order chi connectivity index (χ0) is 36.0. The average Bonchev–Trinajstić information content (AvgIpc) is 3.68. The molecular weight excluding hydrogens is 661 g/mol. The van der Waals surface area contributed by atoms with Gasteiger partial charge in [-0.1, -0.05) is 188 Å². The van der Waals surface area contributed by atoms with Crippen LogP contribution in [0.25, 0.3) is 109 Å². The number of benzene rings is 11. The van der Waals surface area contributed by atoms with Crippen molar-refractivity contribution in [3.05, 3.63) is 205 Å². The lowest BCUT2D eigenvalue weighted by molar-refractivity contribution is 1.31. The quantitative estimate of drug-likeness (QED) is 0.161. The first-order chi connectivity index (χ1) is 27.3. The average molecular weight is 695 g/mol. The molecule has 0 bridgehead atoms. The molecule has 0 aromatic heterocycles. The molecule has 0 aliphatic heterocycles. The Labute approximate surface area is 319 Å². The maximum Gasteiger partial charge on any atom is -0.0000421 e. The van der Waals surface area contributed by atoms with Gasteiger partial charge in [-0.15, -0.1) is 0 Å². The molecule has 0 fully saturated rings. The minimum absolute atomic E-state index is 0.870. The van der Waals surface area contributed by atoms with Gasteiger partial charge in [-0.05, 0) is 133 Å². The van der Waals surface area contributed by atoms with Crippen molar-refractivity contribution in [3.63, 3.8) is 0 Å². The van der Waals surface area contributed by atoms with Crippen molar-refractivity contribution in [2.75, 3.05) is 0 Å². The number of fused-ring (bicyclic) bond motifs is 10. The minimum Gasteiger partial charge on any atom is -0.0622 e. The second-order valence-corrected chi connectivity index (χ2v) is 15.0. The van der Waals surface area contributed by atoms with E-state index in [2.05, 4.69) is 194 Å². The monoisotopic (exact) mass is 694 g/mol. The van der Waals surface area contributed by atoms with Gasteiger partial charge in [-0.3, -0.25) is 0 Å². The first kappa shape index (κ1) is 30.4. The van der Waals surface area contributed by atoms with E-state index >= 15 is 0 Å². The molecule has 0 saturated heterocycles. The Balaban J connectivity index is 1.42. The van der Waals surface area contributed by atoms with Crippen LogP contribution in [0.4, 0.5) is 0 Å². The predicted molar refractivity (Wildman–Crippen MR) is 235 cm³/mol. The van der Waals surface area contributed by atoms with Gasteiger partial charge in [0.1, 0.15) is 0 Å². The first-order valence-corrected chi connectivity index (χ1v) is 19.3. The summed E-state index contributed by atoms with van der Waals surface area (Å²) in [5, 5.41) is 13.4. The van der Waals surface area contributed by atoms with Crippen molar-refractivity contribution in [1.29, 1.82) is 0 Å². The maximum atomic E-state index is 2.48. The van der Waals surface area contributed by atoms with Gasteiger partial charge in [0.2, 0.25) is 0 Å². The standard InChI is InChI=1S/C55H34/c1-5-18-34(19-6-1)44-32-38-26-17-31-43-47(38)55-53(44)49(36-22-9-3-10-23-36)48(35-20-7-2-8-21-35)50(37-24-11-4-12-25-37)54(55)46-33-45-41-29-14-13-27-39(41)40-28-15-16-30-42(40)51(45)52(43)46/h1-32H,33H2. The second-order valence-electron chi connectivity index (χ2n) is 15.0. The van der Waals surface area contributed by atoms with Crippen molar-refractivity contribution in [1.82, 2.24) is 0 Å². The van der Waals surface area contributed by atoms with Crippen molar-refractivity contribution in [2.45, 2.75) is 6.42 Å². The van der Waals surface area contributed by atoms with E-state index in [0.717, 1.165) is 6.42 Å². The molecule has 12 rings (SSSR count). The molecular formula is C55H34.